The van der Waals surface area contributed by atoms with E-state index in [9.17, 15) is 0 Å². The zero-order chi connectivity index (χ0) is 34.6. The fourth-order valence-corrected chi connectivity index (χ4v) is 8.44. The lowest BCUT2D eigenvalue weighted by Gasteiger charge is -2.11. The molecule has 0 aliphatic heterocycles. The molecule has 4 aromatic heterocycles. The summed E-state index contributed by atoms with van der Waals surface area (Å²) >= 11 is 0. The van der Waals surface area contributed by atoms with Gasteiger partial charge in [0.1, 0.15) is 11.1 Å². The number of rotatable bonds is 3. The third kappa shape index (κ3) is 4.07. The van der Waals surface area contributed by atoms with Crippen LogP contribution in [0.15, 0.2) is 174 Å². The van der Waals surface area contributed by atoms with Crippen LogP contribution >= 0.6 is 0 Å². The highest BCUT2D eigenvalue weighted by atomic mass is 16.3. The number of nitrogens with zero attached hydrogens (tertiary/aromatic N) is 4. The van der Waals surface area contributed by atoms with Crippen molar-refractivity contribution < 1.29 is 4.42 Å². The Labute approximate surface area is 302 Å². The minimum absolute atomic E-state index is 0.654. The number of hydrogen-bond donors (Lipinski definition) is 0. The second kappa shape index (κ2) is 10.6. The molecule has 0 saturated heterocycles. The van der Waals surface area contributed by atoms with Crippen LogP contribution in [-0.2, 0) is 0 Å². The van der Waals surface area contributed by atoms with Gasteiger partial charge in [0.2, 0.25) is 0 Å². The molecule has 0 radical (unpaired) electrons. The van der Waals surface area contributed by atoms with Crippen molar-refractivity contribution >= 4 is 87.2 Å². The summed E-state index contributed by atoms with van der Waals surface area (Å²) < 4.78 is 11.5. The summed E-state index contributed by atoms with van der Waals surface area (Å²) in [6.07, 6.45) is 0. The molecule has 0 atom stereocenters. The Morgan fingerprint density at radius 2 is 1.00 bits per heavy atom. The molecule has 12 rings (SSSR count). The molecule has 0 N–H and O–H groups in total. The molecule has 246 valence electrons. The van der Waals surface area contributed by atoms with E-state index >= 15 is 0 Å². The van der Waals surface area contributed by atoms with Crippen LogP contribution in [0.25, 0.3) is 110 Å². The van der Waals surface area contributed by atoms with Crippen LogP contribution in [0.2, 0.25) is 0 Å². The van der Waals surface area contributed by atoms with Gasteiger partial charge in [-0.05, 0) is 70.1 Å². The summed E-state index contributed by atoms with van der Waals surface area (Å²) in [6.45, 7) is 0. The van der Waals surface area contributed by atoms with Crippen molar-refractivity contribution in [1.82, 2.24) is 19.1 Å². The monoisotopic (exact) mass is 676 g/mol. The number of furan rings is 1. The van der Waals surface area contributed by atoms with Gasteiger partial charge >= 0.3 is 0 Å². The molecule has 0 bridgehead atoms. The van der Waals surface area contributed by atoms with Crippen LogP contribution in [0, 0.1) is 0 Å². The molecule has 0 spiro atoms. The zero-order valence-electron chi connectivity index (χ0n) is 28.4. The second-order valence-corrected chi connectivity index (χ2v) is 13.8. The summed E-state index contributed by atoms with van der Waals surface area (Å²) in [5, 5.41) is 10.4. The number of hydrogen-bond acceptors (Lipinski definition) is 3. The number of fused-ring (bicyclic) bond motifs is 11. The highest BCUT2D eigenvalue weighted by molar-refractivity contribution is 6.20. The van der Waals surface area contributed by atoms with Crippen molar-refractivity contribution in [2.75, 3.05) is 0 Å². The molecule has 0 saturated carbocycles. The van der Waals surface area contributed by atoms with Crippen LogP contribution < -0.4 is 0 Å². The van der Waals surface area contributed by atoms with E-state index in [4.69, 9.17) is 14.4 Å². The fraction of sp³-hybridized carbons (Fsp3) is 0. The first kappa shape index (κ1) is 28.5. The Balaban J connectivity index is 1.24. The average Bonchev–Trinajstić information content (AvgIpc) is 3.86. The quantitative estimate of drug-likeness (QED) is 0.187. The molecule has 0 aliphatic carbocycles. The molecule has 0 aliphatic rings. The number of para-hydroxylation sites is 2. The smallest absolute Gasteiger partial charge is 0.197 e. The summed E-state index contributed by atoms with van der Waals surface area (Å²) in [6, 6.07) is 60.3. The Morgan fingerprint density at radius 1 is 0.396 bits per heavy atom. The highest BCUT2D eigenvalue weighted by Crippen LogP contribution is 2.42. The van der Waals surface area contributed by atoms with E-state index in [2.05, 4.69) is 161 Å². The molecule has 4 heterocycles. The highest BCUT2D eigenvalue weighted by Gasteiger charge is 2.24. The third-order valence-corrected chi connectivity index (χ3v) is 10.9. The van der Waals surface area contributed by atoms with Gasteiger partial charge in [-0.2, -0.15) is 0 Å². The lowest BCUT2D eigenvalue weighted by Crippen LogP contribution is -2.02. The molecular formula is C48H28N4O. The van der Waals surface area contributed by atoms with E-state index in [1.807, 2.05) is 18.2 Å². The van der Waals surface area contributed by atoms with Crippen molar-refractivity contribution in [3.8, 4) is 22.9 Å². The van der Waals surface area contributed by atoms with Crippen LogP contribution in [0.5, 0.6) is 0 Å². The van der Waals surface area contributed by atoms with Crippen molar-refractivity contribution in [1.29, 1.82) is 0 Å². The Morgan fingerprint density at radius 3 is 1.75 bits per heavy atom. The fourth-order valence-electron chi connectivity index (χ4n) is 8.44. The number of benzene rings is 8. The third-order valence-electron chi connectivity index (χ3n) is 10.9. The summed E-state index contributed by atoms with van der Waals surface area (Å²) in [7, 11) is 0. The van der Waals surface area contributed by atoms with Crippen LogP contribution in [0.3, 0.4) is 0 Å². The maximum Gasteiger partial charge on any atom is 0.197 e. The van der Waals surface area contributed by atoms with E-state index in [1.54, 1.807) is 0 Å². The Hall–Kier alpha value is -7.24. The molecule has 5 heteroatoms. The predicted octanol–water partition coefficient (Wildman–Crippen LogP) is 12.5. The lowest BCUT2D eigenvalue weighted by atomic mass is 10.1. The lowest BCUT2D eigenvalue weighted by molar-refractivity contribution is 0.663. The van der Waals surface area contributed by atoms with E-state index in [0.29, 0.717) is 17.2 Å². The summed E-state index contributed by atoms with van der Waals surface area (Å²) in [4.78, 5) is 10.6. The Kier molecular flexibility index (Phi) is 5.71. The minimum Gasteiger partial charge on any atom is -0.450 e. The van der Waals surface area contributed by atoms with E-state index < -0.39 is 0 Å². The standard InChI is InChI=1S/C48H28N4O/c1-2-13-30(14-3-1)47-49-45-39-25-32-16-6-7-17-33(32)26-44(39)53-46(45)48(50-47)52-41-21-11-9-19-36(41)38-27-37-35-18-8-10-20-40(35)51(42(37)28-43(38)52)34-23-22-29-12-4-5-15-31(29)24-34/h1-28H. The van der Waals surface area contributed by atoms with E-state index in [0.717, 1.165) is 65.8 Å². The largest absolute Gasteiger partial charge is 0.450 e. The SMILES string of the molecule is c1ccc(-c2nc(-n3c4ccccc4c4cc5c6ccccc6n(-c6ccc7ccccc7c6)c5cc43)c3oc4cc5ccccc5cc4c3n2)cc1. The first-order valence-electron chi connectivity index (χ1n) is 17.9. The van der Waals surface area contributed by atoms with Gasteiger partial charge in [-0.25, -0.2) is 9.97 Å². The minimum atomic E-state index is 0.654. The maximum absolute atomic E-state index is 6.82. The van der Waals surface area contributed by atoms with Gasteiger partial charge in [-0.3, -0.25) is 4.57 Å². The van der Waals surface area contributed by atoms with E-state index in [-0.39, 0.29) is 0 Å². The maximum atomic E-state index is 6.82. The first-order valence-corrected chi connectivity index (χ1v) is 17.9. The molecule has 5 nitrogen and oxygen atoms in total. The molecular weight excluding hydrogens is 649 g/mol. The van der Waals surface area contributed by atoms with Gasteiger partial charge in [0.15, 0.2) is 17.2 Å². The molecule has 0 fully saturated rings. The summed E-state index contributed by atoms with van der Waals surface area (Å²) in [5.74, 6) is 1.37. The van der Waals surface area contributed by atoms with Crippen molar-refractivity contribution in [2.45, 2.75) is 0 Å². The van der Waals surface area contributed by atoms with Crippen LogP contribution in [-0.4, -0.2) is 19.1 Å². The number of aromatic nitrogens is 4. The molecule has 53 heavy (non-hydrogen) atoms. The van der Waals surface area contributed by atoms with Crippen molar-refractivity contribution in [2.24, 2.45) is 0 Å². The van der Waals surface area contributed by atoms with Crippen LogP contribution in [0.4, 0.5) is 0 Å². The topological polar surface area (TPSA) is 48.8 Å². The van der Waals surface area contributed by atoms with Crippen LogP contribution in [0.1, 0.15) is 0 Å². The van der Waals surface area contributed by atoms with Crippen molar-refractivity contribution in [3.63, 3.8) is 0 Å². The van der Waals surface area contributed by atoms with Gasteiger partial charge in [0, 0.05) is 38.2 Å². The van der Waals surface area contributed by atoms with Gasteiger partial charge in [0.05, 0.1) is 22.1 Å². The second-order valence-electron chi connectivity index (χ2n) is 13.8. The van der Waals surface area contributed by atoms with Gasteiger partial charge in [0.25, 0.3) is 0 Å². The van der Waals surface area contributed by atoms with Gasteiger partial charge < -0.3 is 8.98 Å². The predicted molar refractivity (Wildman–Crippen MR) is 218 cm³/mol. The first-order chi connectivity index (χ1) is 26.3. The molecule has 8 aromatic carbocycles. The summed E-state index contributed by atoms with van der Waals surface area (Å²) in [5.41, 5.74) is 8.72. The normalized spacial score (nSPS) is 12.2. The zero-order valence-corrected chi connectivity index (χ0v) is 28.4. The average molecular weight is 677 g/mol. The Bertz CT molecular complexity index is 3460. The molecule has 0 amide bonds. The van der Waals surface area contributed by atoms with Crippen molar-refractivity contribution in [3.05, 3.63) is 170 Å². The van der Waals surface area contributed by atoms with Gasteiger partial charge in [-0.1, -0.05) is 121 Å². The molecule has 12 aromatic rings. The molecule has 0 unspecified atom stereocenters. The van der Waals surface area contributed by atoms with E-state index in [1.165, 1.54) is 27.1 Å². The van der Waals surface area contributed by atoms with Gasteiger partial charge in [-0.15, -0.1) is 0 Å².